The predicted octanol–water partition coefficient (Wildman–Crippen LogP) is 2.67. The molecule has 1 aromatic carbocycles. The average molecular weight is 265 g/mol. The zero-order chi connectivity index (χ0) is 13.8. The lowest BCUT2D eigenvalue weighted by Crippen LogP contribution is -1.99. The first-order valence-electron chi connectivity index (χ1n) is 6.36. The molecule has 2 heterocycles. The van der Waals surface area contributed by atoms with Crippen molar-refractivity contribution in [2.75, 3.05) is 11.1 Å². The van der Waals surface area contributed by atoms with E-state index in [4.69, 9.17) is 5.73 Å². The van der Waals surface area contributed by atoms with Gasteiger partial charge in [0.1, 0.15) is 17.5 Å². The Morgan fingerprint density at radius 1 is 1.05 bits per heavy atom. The highest BCUT2D eigenvalue weighted by molar-refractivity contribution is 5.69. The summed E-state index contributed by atoms with van der Waals surface area (Å²) in [5.74, 6) is 2.04. The van der Waals surface area contributed by atoms with Crippen molar-refractivity contribution in [3.63, 3.8) is 0 Å². The number of aromatic nitrogens is 3. The minimum Gasteiger partial charge on any atom is -0.383 e. The summed E-state index contributed by atoms with van der Waals surface area (Å²) in [6, 6.07) is 13.9. The number of hydrogen-bond acceptors (Lipinski definition) is 4. The molecule has 0 bridgehead atoms. The number of H-pyrrole nitrogens is 1. The molecule has 5 nitrogen and oxygen atoms in total. The number of nitrogens with zero attached hydrogens (tertiary/aromatic N) is 2. The molecule has 0 fully saturated rings. The van der Waals surface area contributed by atoms with Crippen LogP contribution in [0.2, 0.25) is 0 Å². The molecule has 5 heteroatoms. The van der Waals surface area contributed by atoms with Crippen LogP contribution in [0, 0.1) is 0 Å². The lowest BCUT2D eigenvalue weighted by Gasteiger charge is -2.03. The minimum absolute atomic E-state index is 0.469. The summed E-state index contributed by atoms with van der Waals surface area (Å²) < 4.78 is 0. The number of imidazole rings is 1. The molecule has 0 aliphatic rings. The standard InChI is InChI=1S/C15H15N5/c16-14-12(7-4-8-17-14)15-19-10-13(20-15)18-9-11-5-2-1-3-6-11/h1-8,10,18H,9H2,(H2,16,17)(H,19,20). The molecular weight excluding hydrogens is 250 g/mol. The van der Waals surface area contributed by atoms with Gasteiger partial charge in [0.15, 0.2) is 0 Å². The van der Waals surface area contributed by atoms with Crippen molar-refractivity contribution in [2.45, 2.75) is 6.54 Å². The van der Waals surface area contributed by atoms with E-state index in [1.54, 1.807) is 12.4 Å². The van der Waals surface area contributed by atoms with Crippen LogP contribution < -0.4 is 11.1 Å². The van der Waals surface area contributed by atoms with Gasteiger partial charge in [-0.05, 0) is 17.7 Å². The highest BCUT2D eigenvalue weighted by Crippen LogP contribution is 2.21. The van der Waals surface area contributed by atoms with Gasteiger partial charge in [-0.15, -0.1) is 0 Å². The first kappa shape index (κ1) is 12.2. The number of pyridine rings is 1. The van der Waals surface area contributed by atoms with Crippen molar-refractivity contribution in [3.05, 3.63) is 60.4 Å². The Morgan fingerprint density at radius 2 is 1.90 bits per heavy atom. The van der Waals surface area contributed by atoms with Crippen LogP contribution >= 0.6 is 0 Å². The SMILES string of the molecule is Nc1ncccc1-c1ncc(NCc2ccccc2)[nH]1. The molecule has 100 valence electrons. The summed E-state index contributed by atoms with van der Waals surface area (Å²) >= 11 is 0. The van der Waals surface area contributed by atoms with Gasteiger partial charge < -0.3 is 16.0 Å². The number of benzene rings is 1. The van der Waals surface area contributed by atoms with E-state index in [9.17, 15) is 0 Å². The van der Waals surface area contributed by atoms with Crippen molar-refractivity contribution < 1.29 is 0 Å². The number of aromatic amines is 1. The molecule has 0 radical (unpaired) electrons. The quantitative estimate of drug-likeness (QED) is 0.677. The third-order valence-corrected chi connectivity index (χ3v) is 3.00. The zero-order valence-electron chi connectivity index (χ0n) is 10.9. The maximum absolute atomic E-state index is 5.84. The van der Waals surface area contributed by atoms with Crippen LogP contribution in [-0.4, -0.2) is 15.0 Å². The van der Waals surface area contributed by atoms with Gasteiger partial charge in [0.2, 0.25) is 0 Å². The van der Waals surface area contributed by atoms with Gasteiger partial charge in [-0.2, -0.15) is 0 Å². The molecule has 0 atom stereocenters. The molecule has 0 aliphatic carbocycles. The summed E-state index contributed by atoms with van der Waals surface area (Å²) in [5, 5.41) is 3.29. The Bertz CT molecular complexity index is 690. The second-order valence-electron chi connectivity index (χ2n) is 4.42. The van der Waals surface area contributed by atoms with Gasteiger partial charge in [-0.3, -0.25) is 0 Å². The number of hydrogen-bond donors (Lipinski definition) is 3. The Balaban J connectivity index is 1.73. The summed E-state index contributed by atoms with van der Waals surface area (Å²) in [6.07, 6.45) is 3.42. The Hall–Kier alpha value is -2.82. The average Bonchev–Trinajstić information content (AvgIpc) is 2.95. The number of nitrogens with two attached hydrogens (primary N) is 1. The minimum atomic E-state index is 0.469. The first-order chi connectivity index (χ1) is 9.83. The number of anilines is 2. The van der Waals surface area contributed by atoms with Crippen LogP contribution in [0.5, 0.6) is 0 Å². The molecule has 0 amide bonds. The van der Waals surface area contributed by atoms with Gasteiger partial charge in [-0.25, -0.2) is 9.97 Å². The second kappa shape index (κ2) is 5.44. The number of rotatable bonds is 4. The lowest BCUT2D eigenvalue weighted by atomic mass is 10.2. The second-order valence-corrected chi connectivity index (χ2v) is 4.42. The summed E-state index contributed by atoms with van der Waals surface area (Å²) in [6.45, 7) is 0.741. The van der Waals surface area contributed by atoms with Crippen molar-refractivity contribution in [3.8, 4) is 11.4 Å². The van der Waals surface area contributed by atoms with Crippen LogP contribution in [0.15, 0.2) is 54.9 Å². The molecule has 3 rings (SSSR count). The topological polar surface area (TPSA) is 79.6 Å². The molecule has 0 spiro atoms. The number of nitrogen functional groups attached to an aromatic ring is 1. The third kappa shape index (κ3) is 2.61. The summed E-state index contributed by atoms with van der Waals surface area (Å²) in [7, 11) is 0. The van der Waals surface area contributed by atoms with Gasteiger partial charge in [0.25, 0.3) is 0 Å². The highest BCUT2D eigenvalue weighted by Gasteiger charge is 2.07. The molecule has 0 unspecified atom stereocenters. The fraction of sp³-hybridized carbons (Fsp3) is 0.0667. The van der Waals surface area contributed by atoms with E-state index in [1.165, 1.54) is 5.56 Å². The zero-order valence-corrected chi connectivity index (χ0v) is 10.9. The van der Waals surface area contributed by atoms with Crippen molar-refractivity contribution >= 4 is 11.6 Å². The monoisotopic (exact) mass is 265 g/mol. The normalized spacial score (nSPS) is 10.4. The third-order valence-electron chi connectivity index (χ3n) is 3.00. The molecule has 0 saturated heterocycles. The van der Waals surface area contributed by atoms with E-state index in [2.05, 4.69) is 32.4 Å². The van der Waals surface area contributed by atoms with Gasteiger partial charge in [-0.1, -0.05) is 30.3 Å². The first-order valence-corrected chi connectivity index (χ1v) is 6.36. The smallest absolute Gasteiger partial charge is 0.142 e. The fourth-order valence-corrected chi connectivity index (χ4v) is 1.96. The molecule has 0 saturated carbocycles. The van der Waals surface area contributed by atoms with E-state index in [-0.39, 0.29) is 0 Å². The lowest BCUT2D eigenvalue weighted by molar-refractivity contribution is 1.12. The van der Waals surface area contributed by atoms with Gasteiger partial charge in [0, 0.05) is 12.7 Å². The largest absolute Gasteiger partial charge is 0.383 e. The van der Waals surface area contributed by atoms with E-state index < -0.39 is 0 Å². The maximum atomic E-state index is 5.84. The highest BCUT2D eigenvalue weighted by atomic mass is 15.1. The molecule has 20 heavy (non-hydrogen) atoms. The Kier molecular flexibility index (Phi) is 3.33. The molecule has 4 N–H and O–H groups in total. The van der Waals surface area contributed by atoms with Crippen LogP contribution in [0.3, 0.4) is 0 Å². The van der Waals surface area contributed by atoms with Crippen molar-refractivity contribution in [1.29, 1.82) is 0 Å². The van der Waals surface area contributed by atoms with E-state index in [0.29, 0.717) is 11.6 Å². The molecule has 0 aliphatic heterocycles. The fourth-order valence-electron chi connectivity index (χ4n) is 1.96. The van der Waals surface area contributed by atoms with Crippen molar-refractivity contribution in [1.82, 2.24) is 15.0 Å². The summed E-state index contributed by atoms with van der Waals surface area (Å²) in [4.78, 5) is 11.6. The maximum Gasteiger partial charge on any atom is 0.142 e. The van der Waals surface area contributed by atoms with E-state index in [0.717, 1.165) is 17.9 Å². The molecular formula is C15H15N5. The van der Waals surface area contributed by atoms with Crippen LogP contribution in [0.1, 0.15) is 5.56 Å². The predicted molar refractivity (Wildman–Crippen MR) is 80.0 cm³/mol. The van der Waals surface area contributed by atoms with Crippen molar-refractivity contribution in [2.24, 2.45) is 0 Å². The van der Waals surface area contributed by atoms with Crippen LogP contribution in [0.25, 0.3) is 11.4 Å². The molecule has 2 aromatic heterocycles. The van der Waals surface area contributed by atoms with Crippen LogP contribution in [-0.2, 0) is 6.54 Å². The Labute approximate surface area is 116 Å². The van der Waals surface area contributed by atoms with E-state index >= 15 is 0 Å². The van der Waals surface area contributed by atoms with Gasteiger partial charge >= 0.3 is 0 Å². The van der Waals surface area contributed by atoms with Gasteiger partial charge in [0.05, 0.1) is 11.8 Å². The summed E-state index contributed by atoms with van der Waals surface area (Å²) in [5.41, 5.74) is 7.85. The number of nitrogens with one attached hydrogen (secondary N) is 2. The Morgan fingerprint density at radius 3 is 2.70 bits per heavy atom. The molecule has 3 aromatic rings. The van der Waals surface area contributed by atoms with Crippen LogP contribution in [0.4, 0.5) is 11.6 Å². The van der Waals surface area contributed by atoms with E-state index in [1.807, 2.05) is 30.3 Å².